The van der Waals surface area contributed by atoms with Gasteiger partial charge in [0.05, 0.1) is 40.5 Å². The van der Waals surface area contributed by atoms with Crippen molar-refractivity contribution in [3.63, 3.8) is 0 Å². The van der Waals surface area contributed by atoms with Gasteiger partial charge >= 0.3 is 0 Å². The topological polar surface area (TPSA) is 70.7 Å². The molecule has 2 aromatic carbocycles. The number of morpholine rings is 1. The van der Waals surface area contributed by atoms with Crippen molar-refractivity contribution >= 4 is 58.0 Å². The molecule has 1 fully saturated rings. The van der Waals surface area contributed by atoms with Crippen LogP contribution in [0.5, 0.6) is 0 Å². The third-order valence-corrected chi connectivity index (χ3v) is 5.20. The average molecular weight is 443 g/mol. The van der Waals surface area contributed by atoms with Crippen LogP contribution in [0.3, 0.4) is 0 Å². The summed E-state index contributed by atoms with van der Waals surface area (Å²) >= 11 is 17.9. The van der Waals surface area contributed by atoms with Gasteiger partial charge in [-0.15, -0.1) is 0 Å². The van der Waals surface area contributed by atoms with Gasteiger partial charge in [0, 0.05) is 24.3 Å². The van der Waals surface area contributed by atoms with Crippen LogP contribution in [0.25, 0.3) is 0 Å². The number of hydrogen-bond acceptors (Lipinski definition) is 4. The van der Waals surface area contributed by atoms with E-state index in [1.807, 2.05) is 0 Å². The lowest BCUT2D eigenvalue weighted by Gasteiger charge is -2.26. The standard InChI is InChI=1S/C19H18Cl3N3O3/c20-14-9-16(22)17(10-15(14)21)24-18(26)11-23-13-3-1-12(2-4-13)19(27)25-5-7-28-8-6-25/h1-4,9-10,23H,5-8,11H2,(H,24,26). The van der Waals surface area contributed by atoms with Gasteiger partial charge in [-0.05, 0) is 36.4 Å². The van der Waals surface area contributed by atoms with Crippen molar-refractivity contribution in [1.82, 2.24) is 4.90 Å². The highest BCUT2D eigenvalue weighted by molar-refractivity contribution is 6.44. The predicted molar refractivity (Wildman–Crippen MR) is 112 cm³/mol. The highest BCUT2D eigenvalue weighted by Gasteiger charge is 2.18. The van der Waals surface area contributed by atoms with Gasteiger partial charge in [0.2, 0.25) is 5.91 Å². The van der Waals surface area contributed by atoms with E-state index in [4.69, 9.17) is 39.5 Å². The third kappa shape index (κ3) is 5.29. The number of anilines is 2. The van der Waals surface area contributed by atoms with E-state index in [-0.39, 0.29) is 18.4 Å². The van der Waals surface area contributed by atoms with Crippen molar-refractivity contribution in [3.05, 3.63) is 57.0 Å². The molecule has 2 amide bonds. The Morgan fingerprint density at radius 1 is 0.964 bits per heavy atom. The molecule has 28 heavy (non-hydrogen) atoms. The first kappa shape index (κ1) is 20.7. The maximum atomic E-state index is 12.4. The quantitative estimate of drug-likeness (QED) is 0.682. The molecule has 1 saturated heterocycles. The lowest BCUT2D eigenvalue weighted by molar-refractivity contribution is -0.114. The Labute approximate surface area is 177 Å². The zero-order chi connectivity index (χ0) is 20.1. The van der Waals surface area contributed by atoms with Gasteiger partial charge in [-0.2, -0.15) is 0 Å². The van der Waals surface area contributed by atoms with Crippen molar-refractivity contribution in [2.45, 2.75) is 0 Å². The Bertz CT molecular complexity index is 869. The van der Waals surface area contributed by atoms with E-state index in [9.17, 15) is 9.59 Å². The fraction of sp³-hybridized carbons (Fsp3) is 0.263. The lowest BCUT2D eigenvalue weighted by Crippen LogP contribution is -2.40. The number of nitrogens with one attached hydrogen (secondary N) is 2. The summed E-state index contributed by atoms with van der Waals surface area (Å²) in [5.41, 5.74) is 1.70. The molecule has 0 aliphatic carbocycles. The maximum absolute atomic E-state index is 12.4. The molecule has 0 aromatic heterocycles. The smallest absolute Gasteiger partial charge is 0.254 e. The molecular formula is C19H18Cl3N3O3. The lowest BCUT2D eigenvalue weighted by atomic mass is 10.1. The predicted octanol–water partition coefficient (Wildman–Crippen LogP) is 4.17. The SMILES string of the molecule is O=C(CNc1ccc(C(=O)N2CCOCC2)cc1)Nc1cc(Cl)c(Cl)cc1Cl. The van der Waals surface area contributed by atoms with Crippen molar-refractivity contribution in [1.29, 1.82) is 0 Å². The molecule has 1 heterocycles. The molecule has 0 unspecified atom stereocenters. The number of hydrogen-bond donors (Lipinski definition) is 2. The number of nitrogens with zero attached hydrogens (tertiary/aromatic N) is 1. The van der Waals surface area contributed by atoms with Gasteiger partial charge in [-0.3, -0.25) is 9.59 Å². The Hall–Kier alpha value is -1.99. The van der Waals surface area contributed by atoms with Crippen LogP contribution in [0.1, 0.15) is 10.4 Å². The molecule has 0 atom stereocenters. The van der Waals surface area contributed by atoms with E-state index in [1.165, 1.54) is 12.1 Å². The van der Waals surface area contributed by atoms with Gasteiger partial charge in [-0.25, -0.2) is 0 Å². The molecule has 148 valence electrons. The molecule has 9 heteroatoms. The van der Waals surface area contributed by atoms with Gasteiger partial charge in [-0.1, -0.05) is 34.8 Å². The Morgan fingerprint density at radius 3 is 2.29 bits per heavy atom. The fourth-order valence-electron chi connectivity index (χ4n) is 2.67. The molecule has 2 N–H and O–H groups in total. The highest BCUT2D eigenvalue weighted by atomic mass is 35.5. The van der Waals surface area contributed by atoms with Crippen LogP contribution in [0.4, 0.5) is 11.4 Å². The van der Waals surface area contributed by atoms with Crippen LogP contribution in [0.2, 0.25) is 15.1 Å². The summed E-state index contributed by atoms with van der Waals surface area (Å²) < 4.78 is 5.26. The van der Waals surface area contributed by atoms with E-state index in [0.29, 0.717) is 58.3 Å². The second-order valence-electron chi connectivity index (χ2n) is 6.13. The molecule has 1 aliphatic rings. The zero-order valence-electron chi connectivity index (χ0n) is 14.8. The largest absolute Gasteiger partial charge is 0.378 e. The normalized spacial score (nSPS) is 13.9. The molecular weight excluding hydrogens is 425 g/mol. The minimum Gasteiger partial charge on any atom is -0.378 e. The van der Waals surface area contributed by atoms with E-state index in [1.54, 1.807) is 29.2 Å². The average Bonchev–Trinajstić information content (AvgIpc) is 2.71. The van der Waals surface area contributed by atoms with Gasteiger partial charge < -0.3 is 20.3 Å². The summed E-state index contributed by atoms with van der Waals surface area (Å²) in [4.78, 5) is 26.3. The number of rotatable bonds is 5. The Kier molecular flexibility index (Phi) is 7.02. The van der Waals surface area contributed by atoms with E-state index >= 15 is 0 Å². The molecule has 1 aliphatic heterocycles. The molecule has 0 saturated carbocycles. The van der Waals surface area contributed by atoms with Crippen LogP contribution in [0.15, 0.2) is 36.4 Å². The maximum Gasteiger partial charge on any atom is 0.254 e. The van der Waals surface area contributed by atoms with Gasteiger partial charge in [0.1, 0.15) is 0 Å². The zero-order valence-corrected chi connectivity index (χ0v) is 17.1. The fourth-order valence-corrected chi connectivity index (χ4v) is 3.27. The monoisotopic (exact) mass is 441 g/mol. The number of carbonyl (C=O) groups excluding carboxylic acids is 2. The van der Waals surface area contributed by atoms with Gasteiger partial charge in [0.15, 0.2) is 0 Å². The van der Waals surface area contributed by atoms with E-state index < -0.39 is 0 Å². The van der Waals surface area contributed by atoms with Crippen molar-refractivity contribution in [2.75, 3.05) is 43.5 Å². The first-order valence-corrected chi connectivity index (χ1v) is 9.73. The number of benzene rings is 2. The summed E-state index contributed by atoms with van der Waals surface area (Å²) in [5, 5.41) is 6.58. The van der Waals surface area contributed by atoms with Crippen molar-refractivity contribution < 1.29 is 14.3 Å². The minimum atomic E-state index is -0.297. The Morgan fingerprint density at radius 2 is 1.61 bits per heavy atom. The molecule has 0 spiro atoms. The number of amides is 2. The summed E-state index contributed by atoms with van der Waals surface area (Å²) in [6.45, 7) is 2.33. The number of carbonyl (C=O) groups is 2. The summed E-state index contributed by atoms with van der Waals surface area (Å²) in [5.74, 6) is -0.324. The van der Waals surface area contributed by atoms with Crippen molar-refractivity contribution in [2.24, 2.45) is 0 Å². The highest BCUT2D eigenvalue weighted by Crippen LogP contribution is 2.32. The van der Waals surface area contributed by atoms with Crippen LogP contribution in [0, 0.1) is 0 Å². The van der Waals surface area contributed by atoms with Crippen molar-refractivity contribution in [3.8, 4) is 0 Å². The molecule has 2 aromatic rings. The summed E-state index contributed by atoms with van der Waals surface area (Å²) in [7, 11) is 0. The number of halogens is 3. The second-order valence-corrected chi connectivity index (χ2v) is 7.35. The molecule has 3 rings (SSSR count). The first-order valence-electron chi connectivity index (χ1n) is 8.59. The number of ether oxygens (including phenoxy) is 1. The molecule has 0 radical (unpaired) electrons. The summed E-state index contributed by atoms with van der Waals surface area (Å²) in [6.07, 6.45) is 0. The molecule has 0 bridgehead atoms. The minimum absolute atomic E-state index is 0.0212. The molecule has 6 nitrogen and oxygen atoms in total. The second kappa shape index (κ2) is 9.47. The van der Waals surface area contributed by atoms with Crippen LogP contribution >= 0.6 is 34.8 Å². The first-order chi connectivity index (χ1) is 13.4. The van der Waals surface area contributed by atoms with Gasteiger partial charge in [0.25, 0.3) is 5.91 Å². The third-order valence-electron chi connectivity index (χ3n) is 4.17. The van der Waals surface area contributed by atoms with E-state index in [0.717, 1.165) is 0 Å². The van der Waals surface area contributed by atoms with Crippen LogP contribution in [-0.2, 0) is 9.53 Å². The van der Waals surface area contributed by atoms with Crippen LogP contribution in [-0.4, -0.2) is 49.6 Å². The van der Waals surface area contributed by atoms with Crippen LogP contribution < -0.4 is 10.6 Å². The summed E-state index contributed by atoms with van der Waals surface area (Å²) in [6, 6.07) is 9.94. The Balaban J connectivity index is 1.54. The van der Waals surface area contributed by atoms with E-state index in [2.05, 4.69) is 10.6 Å².